The van der Waals surface area contributed by atoms with Crippen molar-refractivity contribution in [2.45, 2.75) is 38.5 Å². The molecule has 296 valence electrons. The minimum atomic E-state index is -0.158. The number of benzene rings is 9. The average molecular weight is 795 g/mol. The monoisotopic (exact) mass is 794 g/mol. The summed E-state index contributed by atoms with van der Waals surface area (Å²) in [6, 6.07) is 76.7. The number of rotatable bonds is 6. The Kier molecular flexibility index (Phi) is 7.96. The van der Waals surface area contributed by atoms with Gasteiger partial charge in [0, 0.05) is 49.5 Å². The Bertz CT molecular complexity index is 3420. The predicted molar refractivity (Wildman–Crippen MR) is 261 cm³/mol. The number of hydrogen-bond acceptors (Lipinski definition) is 1. The second kappa shape index (κ2) is 13.5. The lowest BCUT2D eigenvalue weighted by molar-refractivity contribution is 0.660. The van der Waals surface area contributed by atoms with Gasteiger partial charge in [-0.15, -0.1) is 0 Å². The summed E-state index contributed by atoms with van der Waals surface area (Å²) in [4.78, 5) is 2.57. The van der Waals surface area contributed by atoms with Crippen molar-refractivity contribution in [2.75, 3.05) is 4.90 Å². The SMILES string of the molecule is CC1(C)c2ccccc2-c2cc(-c3ccccc3N(c3ccccc3-c3cccc4c5ccccc5n(-c5ccccc5)c34)c3cccc4c3-c3ccccc3C4(C)C)ccc21. The lowest BCUT2D eigenvalue weighted by Crippen LogP contribution is -2.16. The zero-order chi connectivity index (χ0) is 41.7. The molecule has 2 heteroatoms. The highest BCUT2D eigenvalue weighted by Crippen LogP contribution is 2.57. The standard InChI is InChI=1S/C60H46N2/c1-59(2)49-29-13-8-23-42(49)48-38-39(36-37-51(48)59)41-22-10-15-32-53(41)62(56-35-19-31-52-57(56)47-26-9-14-30-50(47)60(52,3)4)55-34-17-12-25-44(55)46-28-18-27-45-43-24-11-16-33-54(43)61(58(45)46)40-20-6-5-7-21-40/h5-38H,1-4H3. The van der Waals surface area contributed by atoms with Crippen LogP contribution in [0, 0.1) is 0 Å². The molecule has 0 fully saturated rings. The topological polar surface area (TPSA) is 8.17 Å². The molecule has 0 amide bonds. The van der Waals surface area contributed by atoms with Crippen molar-refractivity contribution in [3.05, 3.63) is 229 Å². The van der Waals surface area contributed by atoms with Crippen molar-refractivity contribution in [3.63, 3.8) is 0 Å². The van der Waals surface area contributed by atoms with Gasteiger partial charge in [0.2, 0.25) is 0 Å². The van der Waals surface area contributed by atoms with Crippen molar-refractivity contribution >= 4 is 38.9 Å². The van der Waals surface area contributed by atoms with Crippen LogP contribution in [0.5, 0.6) is 0 Å². The molecule has 0 bridgehead atoms. The number of fused-ring (bicyclic) bond motifs is 9. The van der Waals surface area contributed by atoms with E-state index in [4.69, 9.17) is 0 Å². The van der Waals surface area contributed by atoms with Crippen LogP contribution in [0.4, 0.5) is 17.1 Å². The molecule has 2 aliphatic carbocycles. The summed E-state index contributed by atoms with van der Waals surface area (Å²) in [5, 5.41) is 2.48. The van der Waals surface area contributed by atoms with Gasteiger partial charge in [-0.1, -0.05) is 191 Å². The van der Waals surface area contributed by atoms with Crippen LogP contribution in [0.2, 0.25) is 0 Å². The van der Waals surface area contributed by atoms with Crippen LogP contribution in [0.1, 0.15) is 49.9 Å². The summed E-state index contributed by atoms with van der Waals surface area (Å²) < 4.78 is 2.46. The van der Waals surface area contributed by atoms with Gasteiger partial charge in [-0.25, -0.2) is 0 Å². The van der Waals surface area contributed by atoms with Crippen LogP contribution in [0.3, 0.4) is 0 Å². The maximum Gasteiger partial charge on any atom is 0.0620 e. The summed E-state index contributed by atoms with van der Waals surface area (Å²) in [6.45, 7) is 9.47. The van der Waals surface area contributed by atoms with Gasteiger partial charge in [-0.3, -0.25) is 0 Å². The van der Waals surface area contributed by atoms with Crippen molar-refractivity contribution in [1.82, 2.24) is 4.57 Å². The van der Waals surface area contributed by atoms with E-state index in [-0.39, 0.29) is 10.8 Å². The fourth-order valence-electron chi connectivity index (χ4n) is 11.1. The molecular formula is C60H46N2. The second-order valence-corrected chi connectivity index (χ2v) is 18.1. The van der Waals surface area contributed by atoms with Gasteiger partial charge in [0.05, 0.1) is 28.1 Å². The Hall–Kier alpha value is -7.42. The highest BCUT2D eigenvalue weighted by atomic mass is 15.2. The third kappa shape index (κ3) is 5.16. The molecule has 0 radical (unpaired) electrons. The van der Waals surface area contributed by atoms with Crippen LogP contribution in [0.15, 0.2) is 206 Å². The van der Waals surface area contributed by atoms with Crippen molar-refractivity contribution in [3.8, 4) is 50.2 Å². The van der Waals surface area contributed by atoms with E-state index in [1.54, 1.807) is 0 Å². The molecule has 0 unspecified atom stereocenters. The predicted octanol–water partition coefficient (Wildman–Crippen LogP) is 16.2. The Balaban J connectivity index is 1.16. The molecular weight excluding hydrogens is 749 g/mol. The average Bonchev–Trinajstić information content (AvgIpc) is 3.87. The van der Waals surface area contributed by atoms with Gasteiger partial charge < -0.3 is 9.47 Å². The van der Waals surface area contributed by atoms with Gasteiger partial charge in [0.25, 0.3) is 0 Å². The Morgan fingerprint density at radius 1 is 0.355 bits per heavy atom. The van der Waals surface area contributed by atoms with Gasteiger partial charge in [0.1, 0.15) is 0 Å². The molecule has 12 rings (SSSR count). The number of nitrogens with zero attached hydrogens (tertiary/aromatic N) is 2. The normalized spacial score (nSPS) is 14.1. The third-order valence-electron chi connectivity index (χ3n) is 14.0. The highest BCUT2D eigenvalue weighted by Gasteiger charge is 2.39. The van der Waals surface area contributed by atoms with E-state index in [2.05, 4.69) is 243 Å². The molecule has 0 saturated carbocycles. The summed E-state index contributed by atoms with van der Waals surface area (Å²) in [7, 11) is 0. The smallest absolute Gasteiger partial charge is 0.0620 e. The first kappa shape index (κ1) is 36.4. The lowest BCUT2D eigenvalue weighted by Gasteiger charge is -2.32. The summed E-state index contributed by atoms with van der Waals surface area (Å²) >= 11 is 0. The molecule has 62 heavy (non-hydrogen) atoms. The van der Waals surface area contributed by atoms with Crippen LogP contribution in [-0.2, 0) is 10.8 Å². The van der Waals surface area contributed by atoms with Crippen LogP contribution < -0.4 is 4.90 Å². The van der Waals surface area contributed by atoms with E-state index in [1.165, 1.54) is 94.3 Å². The van der Waals surface area contributed by atoms with Crippen molar-refractivity contribution in [1.29, 1.82) is 0 Å². The summed E-state index contributed by atoms with van der Waals surface area (Å²) in [5.74, 6) is 0. The van der Waals surface area contributed by atoms with Crippen molar-refractivity contribution in [2.24, 2.45) is 0 Å². The molecule has 0 spiro atoms. The van der Waals surface area contributed by atoms with E-state index >= 15 is 0 Å². The minimum absolute atomic E-state index is 0.0665. The first-order valence-electron chi connectivity index (χ1n) is 21.9. The van der Waals surface area contributed by atoms with Crippen molar-refractivity contribution < 1.29 is 0 Å². The first-order chi connectivity index (χ1) is 30.3. The van der Waals surface area contributed by atoms with E-state index < -0.39 is 0 Å². The van der Waals surface area contributed by atoms with E-state index in [0.717, 1.165) is 17.1 Å². The fourth-order valence-corrected chi connectivity index (χ4v) is 11.1. The molecule has 0 aliphatic heterocycles. The number of aromatic nitrogens is 1. The maximum absolute atomic E-state index is 2.57. The fraction of sp³-hybridized carbons (Fsp3) is 0.100. The molecule has 0 saturated heterocycles. The largest absolute Gasteiger partial charge is 0.309 e. The summed E-state index contributed by atoms with van der Waals surface area (Å²) in [5.41, 5.74) is 22.2. The Morgan fingerprint density at radius 2 is 0.871 bits per heavy atom. The number of para-hydroxylation sites is 5. The summed E-state index contributed by atoms with van der Waals surface area (Å²) in [6.07, 6.45) is 0. The second-order valence-electron chi connectivity index (χ2n) is 18.1. The molecule has 1 aromatic heterocycles. The third-order valence-corrected chi connectivity index (χ3v) is 14.0. The highest BCUT2D eigenvalue weighted by molar-refractivity contribution is 6.15. The van der Waals surface area contributed by atoms with Crippen LogP contribution in [-0.4, -0.2) is 4.57 Å². The maximum atomic E-state index is 2.57. The molecule has 2 aliphatic rings. The van der Waals surface area contributed by atoms with E-state index in [1.807, 2.05) is 0 Å². The zero-order valence-corrected chi connectivity index (χ0v) is 35.5. The van der Waals surface area contributed by atoms with Crippen LogP contribution in [0.25, 0.3) is 72.0 Å². The van der Waals surface area contributed by atoms with E-state index in [9.17, 15) is 0 Å². The quantitative estimate of drug-likeness (QED) is 0.163. The van der Waals surface area contributed by atoms with Gasteiger partial charge in [-0.05, 0) is 87.0 Å². The first-order valence-corrected chi connectivity index (χ1v) is 21.9. The molecule has 2 nitrogen and oxygen atoms in total. The minimum Gasteiger partial charge on any atom is -0.309 e. The molecule has 0 N–H and O–H groups in total. The molecule has 0 atom stereocenters. The zero-order valence-electron chi connectivity index (χ0n) is 35.5. The van der Waals surface area contributed by atoms with Gasteiger partial charge in [-0.2, -0.15) is 0 Å². The Labute approximate surface area is 364 Å². The number of hydrogen-bond donors (Lipinski definition) is 0. The van der Waals surface area contributed by atoms with E-state index in [0.29, 0.717) is 0 Å². The lowest BCUT2D eigenvalue weighted by atomic mass is 9.82. The number of anilines is 3. The van der Waals surface area contributed by atoms with Crippen LogP contribution >= 0.6 is 0 Å². The van der Waals surface area contributed by atoms with Gasteiger partial charge in [0.15, 0.2) is 0 Å². The van der Waals surface area contributed by atoms with Gasteiger partial charge >= 0.3 is 0 Å². The molecule has 1 heterocycles. The molecule has 9 aromatic carbocycles. The molecule has 10 aromatic rings. The Morgan fingerprint density at radius 3 is 1.66 bits per heavy atom.